The molecule has 2 aromatic carbocycles. The molecule has 0 heterocycles. The molecule has 2 unspecified atom stereocenters. The highest BCUT2D eigenvalue weighted by Crippen LogP contribution is 2.28. The van der Waals surface area contributed by atoms with Crippen LogP contribution in [-0.2, 0) is 54.2 Å². The fourth-order valence-corrected chi connectivity index (χ4v) is 5.04. The van der Waals surface area contributed by atoms with E-state index in [4.69, 9.17) is 10.00 Å². The van der Waals surface area contributed by atoms with Crippen LogP contribution >= 0.6 is 16.5 Å². The number of hydrogen-bond acceptors (Lipinski definition) is 10. The summed E-state index contributed by atoms with van der Waals surface area (Å²) in [6.45, 7) is -0.818. The second kappa shape index (κ2) is 18.0. The Labute approximate surface area is 254 Å². The van der Waals surface area contributed by atoms with Crippen LogP contribution in [0, 0.1) is 0 Å². The van der Waals surface area contributed by atoms with Gasteiger partial charge in [0.05, 0.1) is 13.1 Å². The van der Waals surface area contributed by atoms with Crippen molar-refractivity contribution in [1.29, 1.82) is 0 Å². The first kappa shape index (κ1) is 36.2. The molecule has 7 N–H and O–H groups in total. The van der Waals surface area contributed by atoms with Gasteiger partial charge in [-0.1, -0.05) is 24.3 Å². The summed E-state index contributed by atoms with van der Waals surface area (Å²) in [6, 6.07) is 9.07. The number of phenolic OH excluding ortho intramolecular Hbond substituents is 2. The van der Waals surface area contributed by atoms with E-state index >= 15 is 0 Å². The number of aromatic hydroxyl groups is 2. The predicted octanol–water partition coefficient (Wildman–Crippen LogP) is 1.95. The standard InChI is InChI=1S/C27H33N3O12P2/c31-21-5-1-17(3-7-23(33)28-27(43-40)44(41)42)11-19(21)13-29(15-25(36)37)9-10-30(16-26(38)39)14-20-12-18(2-6-22(20)32)4-8-24(34)35/h1-2,5-6,11-12,27H,3-4,7-10,13-16H2,(H6-,28,31,32,33,34,35,36,37,38,39,41,42)/p+1. The van der Waals surface area contributed by atoms with Crippen molar-refractivity contribution in [3.8, 4) is 11.5 Å². The van der Waals surface area contributed by atoms with E-state index in [9.17, 15) is 48.7 Å². The van der Waals surface area contributed by atoms with E-state index in [-0.39, 0.29) is 63.4 Å². The lowest BCUT2D eigenvalue weighted by molar-refractivity contribution is -0.140. The molecular formula is C27H34N3O12P2+. The van der Waals surface area contributed by atoms with Crippen molar-refractivity contribution in [3.05, 3.63) is 58.7 Å². The number of aryl methyl sites for hydroxylation is 2. The summed E-state index contributed by atoms with van der Waals surface area (Å²) in [5, 5.41) is 50.8. The molecule has 0 fully saturated rings. The van der Waals surface area contributed by atoms with E-state index in [0.29, 0.717) is 22.3 Å². The summed E-state index contributed by atoms with van der Waals surface area (Å²) in [7, 11) is -3.59. The van der Waals surface area contributed by atoms with Crippen LogP contribution in [-0.4, -0.2) is 95.7 Å². The molecule has 2 atom stereocenters. The third-order valence-corrected chi connectivity index (χ3v) is 8.15. The van der Waals surface area contributed by atoms with Crippen LogP contribution < -0.4 is 5.32 Å². The number of benzene rings is 2. The van der Waals surface area contributed by atoms with E-state index < -0.39 is 58.9 Å². The molecule has 0 bridgehead atoms. The zero-order chi connectivity index (χ0) is 32.8. The fraction of sp³-hybridized carbons (Fsp3) is 0.407. The molecule has 0 aliphatic rings. The van der Waals surface area contributed by atoms with Gasteiger partial charge in [0.2, 0.25) is 14.4 Å². The van der Waals surface area contributed by atoms with Gasteiger partial charge in [0, 0.05) is 50.1 Å². The maximum atomic E-state index is 12.1. The zero-order valence-corrected chi connectivity index (χ0v) is 25.3. The summed E-state index contributed by atoms with van der Waals surface area (Å²) in [5.74, 6) is -4.17. The number of rotatable bonds is 20. The van der Waals surface area contributed by atoms with Crippen LogP contribution in [0.15, 0.2) is 36.4 Å². The molecule has 15 nitrogen and oxygen atoms in total. The lowest BCUT2D eigenvalue weighted by Gasteiger charge is -2.26. The first-order chi connectivity index (χ1) is 20.8. The molecule has 0 saturated carbocycles. The molecule has 238 valence electrons. The summed E-state index contributed by atoms with van der Waals surface area (Å²) in [6.07, 6.45) is 0.130. The van der Waals surface area contributed by atoms with Gasteiger partial charge in [-0.15, -0.1) is 0 Å². The molecule has 0 aliphatic heterocycles. The van der Waals surface area contributed by atoms with Crippen molar-refractivity contribution in [3.63, 3.8) is 0 Å². The van der Waals surface area contributed by atoms with Crippen LogP contribution in [0.2, 0.25) is 0 Å². The smallest absolute Gasteiger partial charge is 0.508 e. The van der Waals surface area contributed by atoms with Crippen LogP contribution in [0.5, 0.6) is 11.5 Å². The number of aliphatic carboxylic acids is 3. The summed E-state index contributed by atoms with van der Waals surface area (Å²) < 4.78 is 22.0. The minimum atomic E-state index is -2.89. The lowest BCUT2D eigenvalue weighted by atomic mass is 10.0. The van der Waals surface area contributed by atoms with Gasteiger partial charge >= 0.3 is 31.5 Å². The summed E-state index contributed by atoms with van der Waals surface area (Å²) in [5.41, 5.74) is 0.526. The number of hydrogen-bond donors (Lipinski definition) is 7. The number of nitrogens with one attached hydrogen (secondary N) is 1. The summed E-state index contributed by atoms with van der Waals surface area (Å²) in [4.78, 5) is 58.2. The second-order valence-corrected chi connectivity index (χ2v) is 12.1. The number of carbonyl (C=O) groups excluding carboxylic acids is 1. The Hall–Kier alpha value is -4.00. The molecule has 0 radical (unpaired) electrons. The van der Waals surface area contributed by atoms with Crippen LogP contribution in [0.3, 0.4) is 0 Å². The molecule has 17 heteroatoms. The van der Waals surface area contributed by atoms with Gasteiger partial charge in [0.25, 0.3) is 0 Å². The van der Waals surface area contributed by atoms with E-state index in [1.54, 1.807) is 24.3 Å². The molecule has 1 amide bonds. The summed E-state index contributed by atoms with van der Waals surface area (Å²) >= 11 is 0. The van der Waals surface area contributed by atoms with Gasteiger partial charge in [-0.2, -0.15) is 4.89 Å². The van der Waals surface area contributed by atoms with E-state index in [2.05, 4.69) is 5.32 Å². The van der Waals surface area contributed by atoms with Crippen molar-refractivity contribution >= 4 is 40.3 Å². The van der Waals surface area contributed by atoms with E-state index in [0.717, 1.165) is 0 Å². The number of nitrogens with zero attached hydrogens (tertiary/aromatic N) is 2. The molecule has 0 aliphatic carbocycles. The van der Waals surface area contributed by atoms with Gasteiger partial charge in [0.1, 0.15) is 11.5 Å². The highest BCUT2D eigenvalue weighted by molar-refractivity contribution is 7.52. The molecular weight excluding hydrogens is 620 g/mol. The molecule has 0 spiro atoms. The lowest BCUT2D eigenvalue weighted by Crippen LogP contribution is -2.39. The molecule has 2 rings (SSSR count). The SMILES string of the molecule is O=PC(NC(=O)CCc1ccc(O)c(CN(CCN(CC(=O)O)Cc2cc(CCC(=O)O)ccc2O)CC(=O)O)c1)[P+](=O)O. The monoisotopic (exact) mass is 654 g/mol. The van der Waals surface area contributed by atoms with Gasteiger partial charge in [-0.05, 0) is 40.7 Å². The largest absolute Gasteiger partial charge is 0.543 e. The van der Waals surface area contributed by atoms with Crippen molar-refractivity contribution in [2.45, 2.75) is 44.3 Å². The number of carboxylic acids is 3. The number of phenols is 2. The van der Waals surface area contributed by atoms with E-state index in [1.165, 1.54) is 21.9 Å². The van der Waals surface area contributed by atoms with Crippen molar-refractivity contribution < 1.29 is 58.7 Å². The second-order valence-electron chi connectivity index (χ2n) is 9.88. The maximum Gasteiger partial charge on any atom is 0.543 e. The normalized spacial score (nSPS) is 12.3. The number of carboxylic acid groups (broad SMARTS) is 3. The highest BCUT2D eigenvalue weighted by atomic mass is 31.2. The van der Waals surface area contributed by atoms with Crippen LogP contribution in [0.25, 0.3) is 0 Å². The predicted molar refractivity (Wildman–Crippen MR) is 156 cm³/mol. The Balaban J connectivity index is 2.14. The maximum absolute atomic E-state index is 12.1. The Bertz CT molecular complexity index is 1370. The minimum absolute atomic E-state index is 0.0139. The first-order valence-electron chi connectivity index (χ1n) is 13.3. The van der Waals surface area contributed by atoms with Gasteiger partial charge in [0.15, 0.2) is 0 Å². The van der Waals surface area contributed by atoms with Gasteiger partial charge < -0.3 is 30.8 Å². The molecule has 2 aromatic rings. The third-order valence-electron chi connectivity index (χ3n) is 6.39. The average Bonchev–Trinajstić information content (AvgIpc) is 2.94. The average molecular weight is 655 g/mol. The first-order valence-corrected chi connectivity index (χ1v) is 15.4. The third kappa shape index (κ3) is 13.1. The van der Waals surface area contributed by atoms with Crippen molar-refractivity contribution in [2.24, 2.45) is 0 Å². The van der Waals surface area contributed by atoms with E-state index in [1.807, 2.05) is 0 Å². The molecule has 0 saturated heterocycles. The molecule has 44 heavy (non-hydrogen) atoms. The molecule has 0 aromatic heterocycles. The highest BCUT2D eigenvalue weighted by Gasteiger charge is 2.31. The Morgan fingerprint density at radius 1 is 0.773 bits per heavy atom. The van der Waals surface area contributed by atoms with Crippen molar-refractivity contribution in [2.75, 3.05) is 26.2 Å². The Morgan fingerprint density at radius 2 is 1.23 bits per heavy atom. The Morgan fingerprint density at radius 3 is 1.61 bits per heavy atom. The topological polar surface area (TPSA) is 242 Å². The quantitative estimate of drug-likeness (QED) is 0.101. The number of amides is 1. The van der Waals surface area contributed by atoms with Crippen LogP contribution in [0.4, 0.5) is 0 Å². The van der Waals surface area contributed by atoms with Gasteiger partial charge in [-0.25, -0.2) is 0 Å². The minimum Gasteiger partial charge on any atom is -0.508 e. The van der Waals surface area contributed by atoms with Crippen molar-refractivity contribution in [1.82, 2.24) is 15.1 Å². The zero-order valence-electron chi connectivity index (χ0n) is 23.5. The van der Waals surface area contributed by atoms with Crippen LogP contribution in [0.1, 0.15) is 35.1 Å². The Kier molecular flexibility index (Phi) is 14.8. The fourth-order valence-electron chi connectivity index (χ4n) is 4.26. The van der Waals surface area contributed by atoms with Gasteiger partial charge in [-0.3, -0.25) is 33.5 Å². The number of carbonyl (C=O) groups is 4.